The zero-order valence-corrected chi connectivity index (χ0v) is 10.7. The van der Waals surface area contributed by atoms with E-state index in [9.17, 15) is 9.18 Å². The molecule has 1 aromatic carbocycles. The van der Waals surface area contributed by atoms with E-state index in [1.54, 1.807) is 20.8 Å². The maximum atomic E-state index is 13.4. The average Bonchev–Trinajstić information content (AvgIpc) is 2.23. The van der Waals surface area contributed by atoms with Gasteiger partial charge in [-0.1, -0.05) is 25.4 Å². The van der Waals surface area contributed by atoms with Crippen LogP contribution in [0.4, 0.5) is 4.39 Å². The van der Waals surface area contributed by atoms with E-state index < -0.39 is 17.5 Å². The molecule has 0 spiro atoms. The van der Waals surface area contributed by atoms with Crippen LogP contribution in [0.2, 0.25) is 5.02 Å². The molecule has 17 heavy (non-hydrogen) atoms. The summed E-state index contributed by atoms with van der Waals surface area (Å²) in [4.78, 5) is 12.0. The molecule has 0 aromatic heterocycles. The number of rotatable bonds is 3. The summed E-state index contributed by atoms with van der Waals surface area (Å²) in [6.07, 6.45) is 0. The zero-order valence-electron chi connectivity index (χ0n) is 9.92. The molecule has 0 radical (unpaired) electrons. The minimum absolute atomic E-state index is 0.0787. The van der Waals surface area contributed by atoms with Crippen molar-refractivity contribution in [1.29, 1.82) is 5.26 Å². The molecule has 0 bridgehead atoms. The van der Waals surface area contributed by atoms with Gasteiger partial charge in [-0.25, -0.2) is 4.39 Å². The maximum absolute atomic E-state index is 13.4. The Balaban J connectivity index is 3.22. The number of ketones is 1. The summed E-state index contributed by atoms with van der Waals surface area (Å²) in [6.45, 7) is 5.11. The van der Waals surface area contributed by atoms with E-state index in [1.807, 2.05) is 6.07 Å². The van der Waals surface area contributed by atoms with E-state index in [2.05, 4.69) is 0 Å². The molecule has 0 amide bonds. The van der Waals surface area contributed by atoms with Crippen LogP contribution in [0.5, 0.6) is 0 Å². The summed E-state index contributed by atoms with van der Waals surface area (Å²) >= 11 is 5.91. The van der Waals surface area contributed by atoms with Crippen LogP contribution in [0.25, 0.3) is 0 Å². The van der Waals surface area contributed by atoms with Gasteiger partial charge in [0.1, 0.15) is 11.7 Å². The van der Waals surface area contributed by atoms with Crippen LogP contribution in [0, 0.1) is 35.9 Å². The molecule has 0 N–H and O–H groups in total. The van der Waals surface area contributed by atoms with Gasteiger partial charge in [0.25, 0.3) is 0 Å². The van der Waals surface area contributed by atoms with Crippen LogP contribution in [0.3, 0.4) is 0 Å². The van der Waals surface area contributed by atoms with Crippen LogP contribution in [0.1, 0.15) is 29.8 Å². The van der Waals surface area contributed by atoms with Gasteiger partial charge in [0.15, 0.2) is 5.78 Å². The summed E-state index contributed by atoms with van der Waals surface area (Å²) in [5.74, 6) is -1.84. The molecule has 90 valence electrons. The third kappa shape index (κ3) is 2.83. The van der Waals surface area contributed by atoms with Crippen LogP contribution in [0.15, 0.2) is 12.1 Å². The standard InChI is InChI=1S/C13H13ClFNO/c1-7(2)10(6-16)13(17)9-5-12(15)8(3)4-11(9)14/h4-5,7,10H,1-3H3. The largest absolute Gasteiger partial charge is 0.293 e. The first-order valence-corrected chi connectivity index (χ1v) is 5.65. The molecule has 1 aromatic rings. The monoisotopic (exact) mass is 253 g/mol. The van der Waals surface area contributed by atoms with Crippen LogP contribution >= 0.6 is 11.6 Å². The van der Waals surface area contributed by atoms with Gasteiger partial charge < -0.3 is 0 Å². The Labute approximate surface area is 105 Å². The second-order valence-electron chi connectivity index (χ2n) is 4.30. The number of Topliss-reactive ketones (excluding diaryl/α,β-unsaturated/α-hetero) is 1. The number of nitriles is 1. The molecule has 1 unspecified atom stereocenters. The quantitative estimate of drug-likeness (QED) is 0.770. The smallest absolute Gasteiger partial charge is 0.181 e. The van der Waals surface area contributed by atoms with Crippen molar-refractivity contribution < 1.29 is 9.18 Å². The first-order valence-electron chi connectivity index (χ1n) is 5.28. The van der Waals surface area contributed by atoms with Gasteiger partial charge in [-0.3, -0.25) is 4.79 Å². The van der Waals surface area contributed by atoms with Crippen LogP contribution in [-0.4, -0.2) is 5.78 Å². The fraction of sp³-hybridized carbons (Fsp3) is 0.385. The Morgan fingerprint density at radius 1 is 1.47 bits per heavy atom. The maximum Gasteiger partial charge on any atom is 0.181 e. The van der Waals surface area contributed by atoms with Crippen molar-refractivity contribution in [2.24, 2.45) is 11.8 Å². The lowest BCUT2D eigenvalue weighted by Gasteiger charge is -2.13. The molecule has 0 fully saturated rings. The van der Waals surface area contributed by atoms with Crippen molar-refractivity contribution in [3.05, 3.63) is 34.1 Å². The number of hydrogen-bond acceptors (Lipinski definition) is 2. The Kier molecular flexibility index (Phi) is 4.25. The molecule has 0 heterocycles. The third-order valence-electron chi connectivity index (χ3n) is 2.60. The van der Waals surface area contributed by atoms with Gasteiger partial charge in [0.2, 0.25) is 0 Å². The second-order valence-corrected chi connectivity index (χ2v) is 4.70. The van der Waals surface area contributed by atoms with E-state index in [1.165, 1.54) is 6.07 Å². The number of hydrogen-bond donors (Lipinski definition) is 0. The zero-order chi connectivity index (χ0) is 13.2. The first kappa shape index (κ1) is 13.7. The number of carbonyl (C=O) groups excluding carboxylic acids is 1. The Morgan fingerprint density at radius 3 is 2.53 bits per heavy atom. The minimum atomic E-state index is -0.797. The van der Waals surface area contributed by atoms with Gasteiger partial charge in [0.05, 0.1) is 11.1 Å². The van der Waals surface area contributed by atoms with Gasteiger partial charge >= 0.3 is 0 Å². The fourth-order valence-electron chi connectivity index (χ4n) is 1.51. The van der Waals surface area contributed by atoms with Crippen molar-refractivity contribution in [2.45, 2.75) is 20.8 Å². The van der Waals surface area contributed by atoms with E-state index in [0.717, 1.165) is 6.07 Å². The topological polar surface area (TPSA) is 40.9 Å². The predicted octanol–water partition coefficient (Wildman–Crippen LogP) is 3.77. The molecule has 1 rings (SSSR count). The predicted molar refractivity (Wildman–Crippen MR) is 64.4 cm³/mol. The summed E-state index contributed by atoms with van der Waals surface area (Å²) in [5.41, 5.74) is 0.458. The highest BCUT2D eigenvalue weighted by molar-refractivity contribution is 6.34. The molecule has 2 nitrogen and oxygen atoms in total. The second kappa shape index (κ2) is 5.29. The first-order chi connectivity index (χ1) is 7.88. The number of aryl methyl sites for hydroxylation is 1. The van der Waals surface area contributed by atoms with E-state index >= 15 is 0 Å². The molecule has 1 atom stereocenters. The van der Waals surface area contributed by atoms with E-state index in [4.69, 9.17) is 16.9 Å². The molecule has 0 aliphatic rings. The molecular formula is C13H13ClFNO. The lowest BCUT2D eigenvalue weighted by atomic mass is 9.89. The normalized spacial score (nSPS) is 12.3. The van der Waals surface area contributed by atoms with Crippen molar-refractivity contribution in [2.75, 3.05) is 0 Å². The Hall–Kier alpha value is -1.40. The summed E-state index contributed by atoms with van der Waals surface area (Å²) in [5, 5.41) is 9.12. The highest BCUT2D eigenvalue weighted by Gasteiger charge is 2.25. The number of halogens is 2. The molecule has 4 heteroatoms. The van der Waals surface area contributed by atoms with Crippen molar-refractivity contribution in [3.63, 3.8) is 0 Å². The van der Waals surface area contributed by atoms with E-state index in [-0.39, 0.29) is 16.5 Å². The molecule has 0 aliphatic carbocycles. The van der Waals surface area contributed by atoms with Crippen LogP contribution in [-0.2, 0) is 0 Å². The Bertz CT molecular complexity index is 491. The van der Waals surface area contributed by atoms with E-state index in [0.29, 0.717) is 5.56 Å². The molecular weight excluding hydrogens is 241 g/mol. The number of carbonyl (C=O) groups is 1. The van der Waals surface area contributed by atoms with Crippen molar-refractivity contribution in [3.8, 4) is 6.07 Å². The van der Waals surface area contributed by atoms with Gasteiger partial charge in [0, 0.05) is 5.56 Å². The minimum Gasteiger partial charge on any atom is -0.293 e. The highest BCUT2D eigenvalue weighted by Crippen LogP contribution is 2.25. The lowest BCUT2D eigenvalue weighted by molar-refractivity contribution is 0.0924. The molecule has 0 aliphatic heterocycles. The third-order valence-corrected chi connectivity index (χ3v) is 2.91. The van der Waals surface area contributed by atoms with Crippen LogP contribution < -0.4 is 0 Å². The summed E-state index contributed by atoms with van der Waals surface area (Å²) in [6, 6.07) is 4.44. The SMILES string of the molecule is Cc1cc(Cl)c(C(=O)C(C#N)C(C)C)cc1F. The van der Waals surface area contributed by atoms with Gasteiger partial charge in [-0.05, 0) is 30.5 Å². The van der Waals surface area contributed by atoms with Gasteiger partial charge in [-0.2, -0.15) is 5.26 Å². The summed E-state index contributed by atoms with van der Waals surface area (Å²) < 4.78 is 13.4. The van der Waals surface area contributed by atoms with Gasteiger partial charge in [-0.15, -0.1) is 0 Å². The summed E-state index contributed by atoms with van der Waals surface area (Å²) in [7, 11) is 0. The average molecular weight is 254 g/mol. The number of nitrogens with zero attached hydrogens (tertiary/aromatic N) is 1. The van der Waals surface area contributed by atoms with Crippen molar-refractivity contribution >= 4 is 17.4 Å². The molecule has 0 saturated heterocycles. The number of benzene rings is 1. The highest BCUT2D eigenvalue weighted by atomic mass is 35.5. The van der Waals surface area contributed by atoms with Crippen molar-refractivity contribution in [1.82, 2.24) is 0 Å². The molecule has 0 saturated carbocycles. The Morgan fingerprint density at radius 2 is 2.06 bits per heavy atom. The lowest BCUT2D eigenvalue weighted by Crippen LogP contribution is -2.19. The fourth-order valence-corrected chi connectivity index (χ4v) is 1.82.